The van der Waals surface area contributed by atoms with E-state index >= 15 is 0 Å². The molecule has 0 radical (unpaired) electrons. The first-order valence-electron chi connectivity index (χ1n) is 6.88. The smallest absolute Gasteiger partial charge is 0.216 e. The third-order valence-corrected chi connectivity index (χ3v) is 3.87. The van der Waals surface area contributed by atoms with Crippen molar-refractivity contribution in [1.29, 1.82) is 0 Å². The molecular weight excluding hydrogens is 238 g/mol. The van der Waals surface area contributed by atoms with Crippen molar-refractivity contribution >= 4 is 10.9 Å². The SMILES string of the molecule is CCc1cc2ccc(C(O)C3CC3)cc2nc1OC. The van der Waals surface area contributed by atoms with Crippen LogP contribution in [0.25, 0.3) is 10.9 Å². The van der Waals surface area contributed by atoms with Gasteiger partial charge in [0.25, 0.3) is 0 Å². The zero-order valence-electron chi connectivity index (χ0n) is 11.4. The lowest BCUT2D eigenvalue weighted by molar-refractivity contribution is 0.154. The Hall–Kier alpha value is -1.61. The fourth-order valence-electron chi connectivity index (χ4n) is 2.51. The van der Waals surface area contributed by atoms with Gasteiger partial charge in [-0.15, -0.1) is 0 Å². The van der Waals surface area contributed by atoms with Gasteiger partial charge in [0.05, 0.1) is 18.7 Å². The van der Waals surface area contributed by atoms with Gasteiger partial charge in [0.1, 0.15) is 0 Å². The monoisotopic (exact) mass is 257 g/mol. The number of benzene rings is 1. The van der Waals surface area contributed by atoms with Crippen LogP contribution in [0.3, 0.4) is 0 Å². The minimum absolute atomic E-state index is 0.344. The Bertz CT molecular complexity index is 605. The standard InChI is InChI=1S/C16H19NO2/c1-3-10-8-12-6-7-13(15(18)11-4-5-11)9-14(12)17-16(10)19-2/h6-9,11,15,18H,3-5H2,1-2H3. The number of pyridine rings is 1. The number of nitrogens with zero attached hydrogens (tertiary/aromatic N) is 1. The maximum atomic E-state index is 10.2. The van der Waals surface area contributed by atoms with Crippen molar-refractivity contribution in [2.75, 3.05) is 7.11 Å². The van der Waals surface area contributed by atoms with E-state index in [4.69, 9.17) is 4.74 Å². The van der Waals surface area contributed by atoms with E-state index in [1.54, 1.807) is 7.11 Å². The molecule has 3 heteroatoms. The number of aliphatic hydroxyl groups is 1. The van der Waals surface area contributed by atoms with Crippen molar-refractivity contribution in [3.8, 4) is 5.88 Å². The predicted octanol–water partition coefficient (Wildman–Crippen LogP) is 3.25. The Labute approximate surface area is 113 Å². The van der Waals surface area contributed by atoms with Crippen LogP contribution in [0.5, 0.6) is 5.88 Å². The first kappa shape index (κ1) is 12.4. The topological polar surface area (TPSA) is 42.4 Å². The van der Waals surface area contributed by atoms with Crippen LogP contribution >= 0.6 is 0 Å². The average Bonchev–Trinajstić information content (AvgIpc) is 3.28. The quantitative estimate of drug-likeness (QED) is 0.914. The summed E-state index contributed by atoms with van der Waals surface area (Å²) in [5.41, 5.74) is 2.98. The number of methoxy groups -OCH3 is 1. The van der Waals surface area contributed by atoms with Crippen LogP contribution in [0.4, 0.5) is 0 Å². The molecule has 19 heavy (non-hydrogen) atoms. The maximum absolute atomic E-state index is 10.2. The third kappa shape index (κ3) is 2.30. The number of hydrogen-bond acceptors (Lipinski definition) is 3. The van der Waals surface area contributed by atoms with Gasteiger partial charge in [-0.1, -0.05) is 19.1 Å². The van der Waals surface area contributed by atoms with Gasteiger partial charge in [-0.05, 0) is 42.9 Å². The zero-order valence-corrected chi connectivity index (χ0v) is 11.4. The molecule has 1 atom stereocenters. The molecule has 1 N–H and O–H groups in total. The van der Waals surface area contributed by atoms with Crippen LogP contribution in [0.2, 0.25) is 0 Å². The molecule has 1 aliphatic carbocycles. The van der Waals surface area contributed by atoms with Gasteiger partial charge in [0.2, 0.25) is 5.88 Å². The Balaban J connectivity index is 2.06. The molecule has 0 aliphatic heterocycles. The lowest BCUT2D eigenvalue weighted by Crippen LogP contribution is -2.00. The minimum Gasteiger partial charge on any atom is -0.481 e. The molecule has 0 saturated heterocycles. The minimum atomic E-state index is -0.344. The van der Waals surface area contributed by atoms with Gasteiger partial charge in [0.15, 0.2) is 0 Å². The summed E-state index contributed by atoms with van der Waals surface area (Å²) in [6, 6.07) is 8.16. The van der Waals surface area contributed by atoms with Crippen molar-refractivity contribution in [2.24, 2.45) is 5.92 Å². The highest BCUT2D eigenvalue weighted by molar-refractivity contribution is 5.81. The third-order valence-electron chi connectivity index (χ3n) is 3.87. The summed E-state index contributed by atoms with van der Waals surface area (Å²) in [4.78, 5) is 4.55. The van der Waals surface area contributed by atoms with Gasteiger partial charge >= 0.3 is 0 Å². The number of fused-ring (bicyclic) bond motifs is 1. The zero-order chi connectivity index (χ0) is 13.4. The maximum Gasteiger partial charge on any atom is 0.216 e. The number of rotatable bonds is 4. The molecule has 0 amide bonds. The summed E-state index contributed by atoms with van der Waals surface area (Å²) >= 11 is 0. The molecule has 3 nitrogen and oxygen atoms in total. The van der Waals surface area contributed by atoms with E-state index in [1.165, 1.54) is 0 Å². The van der Waals surface area contributed by atoms with Crippen LogP contribution in [-0.4, -0.2) is 17.2 Å². The largest absolute Gasteiger partial charge is 0.481 e. The lowest BCUT2D eigenvalue weighted by atomic mass is 10.0. The van der Waals surface area contributed by atoms with Gasteiger partial charge in [-0.2, -0.15) is 0 Å². The molecule has 1 aromatic heterocycles. The molecule has 0 spiro atoms. The Morgan fingerprint density at radius 3 is 2.79 bits per heavy atom. The molecule has 1 heterocycles. The summed E-state index contributed by atoms with van der Waals surface area (Å²) < 4.78 is 5.33. The number of aryl methyl sites for hydroxylation is 1. The van der Waals surface area contributed by atoms with Crippen LogP contribution in [0, 0.1) is 5.92 Å². The molecule has 1 unspecified atom stereocenters. The summed E-state index contributed by atoms with van der Waals surface area (Å²) in [6.07, 6.45) is 2.82. The van der Waals surface area contributed by atoms with E-state index in [9.17, 15) is 5.11 Å². The highest BCUT2D eigenvalue weighted by Crippen LogP contribution is 2.41. The molecule has 2 aromatic rings. The predicted molar refractivity (Wildman–Crippen MR) is 75.4 cm³/mol. The van der Waals surface area contributed by atoms with E-state index in [0.717, 1.165) is 41.3 Å². The summed E-state index contributed by atoms with van der Waals surface area (Å²) in [7, 11) is 1.65. The number of aromatic nitrogens is 1. The molecule has 0 bridgehead atoms. The fourth-order valence-corrected chi connectivity index (χ4v) is 2.51. The first-order valence-corrected chi connectivity index (χ1v) is 6.88. The van der Waals surface area contributed by atoms with Crippen molar-refractivity contribution in [1.82, 2.24) is 4.98 Å². The van der Waals surface area contributed by atoms with Gasteiger partial charge in [-0.25, -0.2) is 4.98 Å². The second kappa shape index (κ2) is 4.82. The summed E-state index contributed by atoms with van der Waals surface area (Å²) in [5, 5.41) is 11.3. The molecular formula is C16H19NO2. The number of ether oxygens (including phenoxy) is 1. The van der Waals surface area contributed by atoms with Crippen molar-refractivity contribution < 1.29 is 9.84 Å². The first-order chi connectivity index (χ1) is 9.22. The van der Waals surface area contributed by atoms with E-state index in [0.29, 0.717) is 11.8 Å². The van der Waals surface area contributed by atoms with Gasteiger partial charge in [0, 0.05) is 10.9 Å². The van der Waals surface area contributed by atoms with Crippen molar-refractivity contribution in [3.05, 3.63) is 35.4 Å². The Kier molecular flexibility index (Phi) is 3.15. The van der Waals surface area contributed by atoms with Crippen molar-refractivity contribution in [3.63, 3.8) is 0 Å². The van der Waals surface area contributed by atoms with E-state index in [1.807, 2.05) is 18.2 Å². The molecule has 1 aliphatic rings. The molecule has 3 rings (SSSR count). The van der Waals surface area contributed by atoms with Gasteiger partial charge < -0.3 is 9.84 Å². The molecule has 1 fully saturated rings. The van der Waals surface area contributed by atoms with Gasteiger partial charge in [-0.3, -0.25) is 0 Å². The lowest BCUT2D eigenvalue weighted by Gasteiger charge is -2.12. The highest BCUT2D eigenvalue weighted by atomic mass is 16.5. The van der Waals surface area contributed by atoms with Crippen LogP contribution in [0.15, 0.2) is 24.3 Å². The molecule has 100 valence electrons. The molecule has 1 saturated carbocycles. The summed E-state index contributed by atoms with van der Waals surface area (Å²) in [6.45, 7) is 2.09. The van der Waals surface area contributed by atoms with Crippen LogP contribution < -0.4 is 4.74 Å². The van der Waals surface area contributed by atoms with Crippen LogP contribution in [-0.2, 0) is 6.42 Å². The van der Waals surface area contributed by atoms with Crippen molar-refractivity contribution in [2.45, 2.75) is 32.3 Å². The van der Waals surface area contributed by atoms with Crippen LogP contribution in [0.1, 0.15) is 37.0 Å². The highest BCUT2D eigenvalue weighted by Gasteiger charge is 2.30. The Morgan fingerprint density at radius 1 is 1.37 bits per heavy atom. The second-order valence-corrected chi connectivity index (χ2v) is 5.24. The second-order valence-electron chi connectivity index (χ2n) is 5.24. The van der Waals surface area contributed by atoms with E-state index in [-0.39, 0.29) is 6.10 Å². The normalized spacial score (nSPS) is 16.6. The van der Waals surface area contributed by atoms with E-state index in [2.05, 4.69) is 18.0 Å². The average molecular weight is 257 g/mol. The van der Waals surface area contributed by atoms with E-state index < -0.39 is 0 Å². The summed E-state index contributed by atoms with van der Waals surface area (Å²) in [5.74, 6) is 1.13. The Morgan fingerprint density at radius 2 is 2.16 bits per heavy atom. The fraction of sp³-hybridized carbons (Fsp3) is 0.438. The molecule has 1 aromatic carbocycles. The number of aliphatic hydroxyl groups excluding tert-OH is 1. The number of hydrogen-bond donors (Lipinski definition) is 1.